The molecule has 0 saturated carbocycles. The van der Waals surface area contributed by atoms with Crippen molar-refractivity contribution in [3.05, 3.63) is 10.1 Å². The third kappa shape index (κ3) is 6.06. The van der Waals surface area contributed by atoms with Crippen LogP contribution in [0.4, 0.5) is 0 Å². The molecule has 1 aliphatic heterocycles. The molecule has 8 heteroatoms. The monoisotopic (exact) mass is 304 g/mol. The van der Waals surface area contributed by atoms with Crippen molar-refractivity contribution < 1.29 is 9.77 Å². The highest BCUT2D eigenvalue weighted by molar-refractivity contribution is 8.13. The molecule has 7 nitrogen and oxygen atoms in total. The fourth-order valence-electron chi connectivity index (χ4n) is 2.32. The topological polar surface area (TPSA) is 71.2 Å². The number of nitro groups is 1. The predicted molar refractivity (Wildman–Crippen MR) is 81.6 cm³/mol. The molecular formula is C12H24N4O3S. The molecule has 1 rings (SSSR count). The smallest absolute Gasteiger partial charge is 0.237 e. The Bertz CT molecular complexity index is 354. The average molecular weight is 304 g/mol. The van der Waals surface area contributed by atoms with Gasteiger partial charge in [0.15, 0.2) is 5.03 Å². The molecule has 1 aliphatic rings. The van der Waals surface area contributed by atoms with Gasteiger partial charge < -0.3 is 14.5 Å². The summed E-state index contributed by atoms with van der Waals surface area (Å²) in [6, 6.07) is 0. The van der Waals surface area contributed by atoms with E-state index in [0.717, 1.165) is 26.1 Å². The van der Waals surface area contributed by atoms with Gasteiger partial charge in [-0.05, 0) is 32.6 Å². The van der Waals surface area contributed by atoms with E-state index in [0.29, 0.717) is 23.7 Å². The van der Waals surface area contributed by atoms with Crippen LogP contribution in [0, 0.1) is 16.0 Å². The molecule has 0 aromatic heterocycles. The van der Waals surface area contributed by atoms with Crippen LogP contribution in [0.25, 0.3) is 0 Å². The minimum atomic E-state index is -0.650. The van der Waals surface area contributed by atoms with Gasteiger partial charge in [-0.1, -0.05) is 11.8 Å². The van der Waals surface area contributed by atoms with Crippen LogP contribution in [0.5, 0.6) is 0 Å². The van der Waals surface area contributed by atoms with Crippen LogP contribution >= 0.6 is 11.8 Å². The second kappa shape index (κ2) is 8.43. The Morgan fingerprint density at radius 1 is 1.50 bits per heavy atom. The molecule has 0 aliphatic carbocycles. The van der Waals surface area contributed by atoms with E-state index >= 15 is 0 Å². The lowest BCUT2D eigenvalue weighted by Crippen LogP contribution is -2.36. The van der Waals surface area contributed by atoms with Crippen LogP contribution in [0.3, 0.4) is 0 Å². The summed E-state index contributed by atoms with van der Waals surface area (Å²) in [6.45, 7) is 5.50. The lowest BCUT2D eigenvalue weighted by Gasteiger charge is -2.24. The summed E-state index contributed by atoms with van der Waals surface area (Å²) in [7, 11) is 3.90. The third-order valence-electron chi connectivity index (χ3n) is 3.35. The van der Waals surface area contributed by atoms with Crippen LogP contribution in [0.1, 0.15) is 13.3 Å². The number of thioether (sulfide) groups is 1. The Kier molecular flexibility index (Phi) is 7.25. The molecule has 0 aromatic carbocycles. The molecule has 116 valence electrons. The number of hydrogen-bond donors (Lipinski definition) is 0. The van der Waals surface area contributed by atoms with E-state index in [9.17, 15) is 10.1 Å². The van der Waals surface area contributed by atoms with E-state index in [-0.39, 0.29) is 0 Å². The van der Waals surface area contributed by atoms with Crippen LogP contribution < -0.4 is 0 Å². The van der Waals surface area contributed by atoms with Crippen molar-refractivity contribution >= 4 is 16.9 Å². The maximum absolute atomic E-state index is 10.4. The SMILES string of the molecule is CSC(=N[N+](=O)[O-])N(C)CCN(C)CC1COC(C)C1. The predicted octanol–water partition coefficient (Wildman–Crippen LogP) is 1.19. The number of nitrogens with zero attached hydrogens (tertiary/aromatic N) is 4. The van der Waals surface area contributed by atoms with Gasteiger partial charge in [0, 0.05) is 26.7 Å². The lowest BCUT2D eigenvalue weighted by molar-refractivity contribution is -0.485. The molecule has 1 fully saturated rings. The van der Waals surface area contributed by atoms with Crippen molar-refractivity contribution in [1.29, 1.82) is 0 Å². The molecule has 20 heavy (non-hydrogen) atoms. The minimum absolute atomic E-state index is 0.367. The molecule has 1 heterocycles. The highest BCUT2D eigenvalue weighted by atomic mass is 32.2. The molecule has 0 radical (unpaired) electrons. The van der Waals surface area contributed by atoms with E-state index in [1.54, 1.807) is 6.26 Å². The Hall–Kier alpha value is -0.860. The largest absolute Gasteiger partial charge is 0.378 e. The first-order valence-corrected chi connectivity index (χ1v) is 7.93. The fourth-order valence-corrected chi connectivity index (χ4v) is 2.88. The second-order valence-electron chi connectivity index (χ2n) is 5.25. The number of likely N-dealkylation sites (N-methyl/N-ethyl adjacent to an activating group) is 2. The molecule has 2 unspecified atom stereocenters. The number of hydrazone groups is 1. The van der Waals surface area contributed by atoms with Gasteiger partial charge in [-0.3, -0.25) is 0 Å². The molecule has 0 aromatic rings. The van der Waals surface area contributed by atoms with Gasteiger partial charge in [-0.25, -0.2) is 10.1 Å². The molecular weight excluding hydrogens is 280 g/mol. The van der Waals surface area contributed by atoms with Gasteiger partial charge >= 0.3 is 0 Å². The number of rotatable bonds is 6. The third-order valence-corrected chi connectivity index (χ3v) is 4.10. The van der Waals surface area contributed by atoms with E-state index in [4.69, 9.17) is 4.74 Å². The summed E-state index contributed by atoms with van der Waals surface area (Å²) in [5.41, 5.74) is 0. The Morgan fingerprint density at radius 3 is 2.70 bits per heavy atom. The number of ether oxygens (including phenoxy) is 1. The zero-order valence-corrected chi connectivity index (χ0v) is 13.4. The highest BCUT2D eigenvalue weighted by Crippen LogP contribution is 2.19. The second-order valence-corrected chi connectivity index (χ2v) is 6.03. The number of amidine groups is 1. The Balaban J connectivity index is 2.32. The zero-order chi connectivity index (χ0) is 15.1. The van der Waals surface area contributed by atoms with E-state index in [2.05, 4.69) is 24.0 Å². The normalized spacial score (nSPS) is 23.4. The summed E-state index contributed by atoms with van der Waals surface area (Å²) in [5.74, 6) is 0.591. The van der Waals surface area contributed by atoms with E-state index < -0.39 is 5.03 Å². The van der Waals surface area contributed by atoms with Crippen LogP contribution in [-0.4, -0.2) is 72.7 Å². The first-order valence-electron chi connectivity index (χ1n) is 6.70. The minimum Gasteiger partial charge on any atom is -0.378 e. The summed E-state index contributed by atoms with van der Waals surface area (Å²) >= 11 is 1.29. The van der Waals surface area contributed by atoms with Crippen molar-refractivity contribution in [3.63, 3.8) is 0 Å². The summed E-state index contributed by atoms with van der Waals surface area (Å²) < 4.78 is 5.56. The standard InChI is InChI=1S/C12H24N4O3S/c1-10-7-11(9-19-10)8-14(2)5-6-15(3)12(20-4)13-16(17)18/h10-11H,5-9H2,1-4H3. The van der Waals surface area contributed by atoms with E-state index in [1.807, 2.05) is 11.9 Å². The van der Waals surface area contributed by atoms with Crippen molar-refractivity contribution in [2.75, 3.05) is 46.6 Å². The zero-order valence-electron chi connectivity index (χ0n) is 12.6. The first-order chi connectivity index (χ1) is 9.42. The molecule has 0 spiro atoms. The molecule has 0 bridgehead atoms. The van der Waals surface area contributed by atoms with Crippen LogP contribution in [-0.2, 0) is 4.74 Å². The summed E-state index contributed by atoms with van der Waals surface area (Å²) in [4.78, 5) is 14.5. The Labute approximate surface area is 124 Å². The van der Waals surface area contributed by atoms with Gasteiger partial charge in [0.25, 0.3) is 0 Å². The highest BCUT2D eigenvalue weighted by Gasteiger charge is 2.23. The van der Waals surface area contributed by atoms with Gasteiger partial charge in [0.2, 0.25) is 5.17 Å². The summed E-state index contributed by atoms with van der Waals surface area (Å²) in [5, 5.41) is 13.6. The van der Waals surface area contributed by atoms with Crippen LogP contribution in [0.2, 0.25) is 0 Å². The first kappa shape index (κ1) is 17.2. The molecule has 2 atom stereocenters. The Morgan fingerprint density at radius 2 is 2.20 bits per heavy atom. The number of hydrogen-bond acceptors (Lipinski definition) is 5. The summed E-state index contributed by atoms with van der Waals surface area (Å²) in [6.07, 6.45) is 3.27. The fraction of sp³-hybridized carbons (Fsp3) is 0.917. The van der Waals surface area contributed by atoms with Crippen molar-refractivity contribution in [3.8, 4) is 0 Å². The maximum atomic E-state index is 10.4. The van der Waals surface area contributed by atoms with Crippen molar-refractivity contribution in [1.82, 2.24) is 9.80 Å². The molecule has 1 saturated heterocycles. The lowest BCUT2D eigenvalue weighted by atomic mass is 10.1. The quantitative estimate of drug-likeness (QED) is 0.318. The average Bonchev–Trinajstić information content (AvgIpc) is 2.78. The molecule has 0 N–H and O–H groups in total. The van der Waals surface area contributed by atoms with Gasteiger partial charge in [-0.15, -0.1) is 0 Å². The molecule has 0 amide bonds. The van der Waals surface area contributed by atoms with Crippen molar-refractivity contribution in [2.45, 2.75) is 19.4 Å². The van der Waals surface area contributed by atoms with E-state index in [1.165, 1.54) is 11.8 Å². The van der Waals surface area contributed by atoms with Crippen LogP contribution in [0.15, 0.2) is 5.10 Å². The van der Waals surface area contributed by atoms with Crippen molar-refractivity contribution in [2.24, 2.45) is 11.0 Å². The van der Waals surface area contributed by atoms with Gasteiger partial charge in [0.1, 0.15) is 0 Å². The maximum Gasteiger partial charge on any atom is 0.237 e. The van der Waals surface area contributed by atoms with Gasteiger partial charge in [-0.2, -0.15) is 0 Å². The van der Waals surface area contributed by atoms with Gasteiger partial charge in [0.05, 0.1) is 17.8 Å².